The second-order valence-corrected chi connectivity index (χ2v) is 6.67. The fraction of sp³-hybridized carbons (Fsp3) is 0.286. The molecule has 0 atom stereocenters. The molecule has 0 unspecified atom stereocenters. The van der Waals surface area contributed by atoms with Gasteiger partial charge in [0, 0.05) is 39.3 Å². The maximum absolute atomic E-state index is 4.72. The third kappa shape index (κ3) is 5.17. The zero-order valence-electron chi connectivity index (χ0n) is 15.3. The van der Waals surface area contributed by atoms with Crippen molar-refractivity contribution < 1.29 is 0 Å². The van der Waals surface area contributed by atoms with Gasteiger partial charge >= 0.3 is 0 Å². The molecule has 4 heterocycles. The number of hydrogen-bond donors (Lipinski definition) is 3. The molecule has 0 amide bonds. The first-order chi connectivity index (χ1) is 13.3. The van der Waals surface area contributed by atoms with Crippen LogP contribution in [0.4, 0.5) is 0 Å². The topological polar surface area (TPSA) is 74.8 Å². The van der Waals surface area contributed by atoms with Crippen LogP contribution in [0.15, 0.2) is 54.6 Å². The predicted octanol–water partition coefficient (Wildman–Crippen LogP) is 2.05. The Balaban J connectivity index is 1.54. The van der Waals surface area contributed by atoms with Crippen LogP contribution in [0.2, 0.25) is 0 Å². The van der Waals surface area contributed by atoms with Crippen molar-refractivity contribution in [2.24, 2.45) is 0 Å². The van der Waals surface area contributed by atoms with E-state index >= 15 is 0 Å². The van der Waals surface area contributed by atoms with Crippen LogP contribution < -0.4 is 16.0 Å². The lowest BCUT2D eigenvalue weighted by Gasteiger charge is -2.10. The van der Waals surface area contributed by atoms with Crippen molar-refractivity contribution in [2.45, 2.75) is 39.3 Å². The van der Waals surface area contributed by atoms with Crippen molar-refractivity contribution in [1.82, 2.24) is 30.9 Å². The molecule has 0 saturated carbocycles. The highest BCUT2D eigenvalue weighted by Gasteiger charge is 2.04. The van der Waals surface area contributed by atoms with Gasteiger partial charge in [-0.25, -0.2) is 0 Å². The number of aromatic nitrogens is 3. The van der Waals surface area contributed by atoms with Crippen LogP contribution >= 0.6 is 0 Å². The van der Waals surface area contributed by atoms with E-state index in [0.29, 0.717) is 0 Å². The number of nitrogens with zero attached hydrogens (tertiary/aromatic N) is 3. The third-order valence-corrected chi connectivity index (χ3v) is 4.43. The lowest BCUT2D eigenvalue weighted by atomic mass is 10.2. The Labute approximate surface area is 159 Å². The van der Waals surface area contributed by atoms with E-state index in [1.807, 2.05) is 36.4 Å². The highest BCUT2D eigenvalue weighted by Crippen LogP contribution is 2.05. The van der Waals surface area contributed by atoms with Gasteiger partial charge in [-0.05, 0) is 36.4 Å². The molecule has 138 valence electrons. The van der Waals surface area contributed by atoms with Crippen LogP contribution in [0.5, 0.6) is 0 Å². The van der Waals surface area contributed by atoms with Crippen molar-refractivity contribution in [1.29, 1.82) is 0 Å². The molecule has 1 aliphatic heterocycles. The Morgan fingerprint density at radius 2 is 0.630 bits per heavy atom. The molecule has 0 aromatic carbocycles. The van der Waals surface area contributed by atoms with Crippen LogP contribution in [0, 0.1) is 0 Å². The number of fused-ring (bicyclic) bond motifs is 6. The summed E-state index contributed by atoms with van der Waals surface area (Å²) in [6, 6.07) is 18.5. The third-order valence-electron chi connectivity index (χ3n) is 4.43. The molecule has 3 N–H and O–H groups in total. The molecule has 6 heteroatoms. The molecule has 3 aromatic heterocycles. The van der Waals surface area contributed by atoms with Gasteiger partial charge in [0.2, 0.25) is 0 Å². The van der Waals surface area contributed by atoms with E-state index in [1.54, 1.807) is 0 Å². The van der Waals surface area contributed by atoms with Gasteiger partial charge in [-0.1, -0.05) is 18.2 Å². The van der Waals surface area contributed by atoms with Crippen molar-refractivity contribution in [3.63, 3.8) is 0 Å². The van der Waals surface area contributed by atoms with Crippen molar-refractivity contribution in [3.8, 4) is 0 Å². The molecule has 0 aliphatic carbocycles. The van der Waals surface area contributed by atoms with Crippen LogP contribution in [0.25, 0.3) is 0 Å². The fourth-order valence-electron chi connectivity index (χ4n) is 3.13. The minimum atomic E-state index is 0.724. The van der Waals surface area contributed by atoms with Gasteiger partial charge in [0.1, 0.15) is 0 Å². The molecule has 4 rings (SSSR count). The maximum atomic E-state index is 4.72. The first-order valence-electron chi connectivity index (χ1n) is 9.32. The summed E-state index contributed by atoms with van der Waals surface area (Å²) in [6.45, 7) is 4.34. The zero-order valence-corrected chi connectivity index (χ0v) is 15.3. The van der Waals surface area contributed by atoms with Crippen molar-refractivity contribution in [2.75, 3.05) is 0 Å². The number of nitrogens with one attached hydrogen (secondary N) is 3. The lowest BCUT2D eigenvalue weighted by Crippen LogP contribution is -2.20. The molecular formula is C21H24N6. The average molecular weight is 360 g/mol. The summed E-state index contributed by atoms with van der Waals surface area (Å²) in [5, 5.41) is 10.3. The normalized spacial score (nSPS) is 15.6. The highest BCUT2D eigenvalue weighted by molar-refractivity contribution is 5.15. The van der Waals surface area contributed by atoms with Gasteiger partial charge < -0.3 is 16.0 Å². The van der Waals surface area contributed by atoms with Gasteiger partial charge in [0.05, 0.1) is 34.2 Å². The Morgan fingerprint density at radius 3 is 0.852 bits per heavy atom. The Hall–Kier alpha value is -2.67. The molecule has 0 spiro atoms. The van der Waals surface area contributed by atoms with E-state index in [2.05, 4.69) is 34.1 Å². The maximum Gasteiger partial charge on any atom is 0.0545 e. The molecule has 27 heavy (non-hydrogen) atoms. The van der Waals surface area contributed by atoms with E-state index < -0.39 is 0 Å². The Bertz CT molecular complexity index is 720. The summed E-state index contributed by atoms with van der Waals surface area (Å²) >= 11 is 0. The summed E-state index contributed by atoms with van der Waals surface area (Å²) in [6.07, 6.45) is 0. The van der Waals surface area contributed by atoms with Gasteiger partial charge in [0.25, 0.3) is 0 Å². The molecule has 3 aromatic rings. The van der Waals surface area contributed by atoms with Gasteiger partial charge in [-0.2, -0.15) is 0 Å². The summed E-state index contributed by atoms with van der Waals surface area (Å²) in [4.78, 5) is 14.2. The van der Waals surface area contributed by atoms with E-state index in [1.165, 1.54) is 0 Å². The summed E-state index contributed by atoms with van der Waals surface area (Å²) in [7, 11) is 0. The predicted molar refractivity (Wildman–Crippen MR) is 104 cm³/mol. The first kappa shape index (κ1) is 17.7. The van der Waals surface area contributed by atoms with E-state index in [-0.39, 0.29) is 0 Å². The second kappa shape index (κ2) is 8.81. The van der Waals surface area contributed by atoms with Crippen molar-refractivity contribution in [3.05, 3.63) is 88.8 Å². The SMILES string of the molecule is c1cc2nc(c1)CNCc1cccc(n1)CNCc1cccc(n1)CNC2. The molecule has 1 aliphatic rings. The average Bonchev–Trinajstić information content (AvgIpc) is 2.69. The van der Waals surface area contributed by atoms with Crippen molar-refractivity contribution >= 4 is 0 Å². The summed E-state index contributed by atoms with van der Waals surface area (Å²) in [5.41, 5.74) is 6.21. The zero-order chi connectivity index (χ0) is 18.3. The molecule has 6 bridgehead atoms. The Kier molecular flexibility index (Phi) is 5.79. The van der Waals surface area contributed by atoms with Gasteiger partial charge in [0.15, 0.2) is 0 Å². The fourth-order valence-corrected chi connectivity index (χ4v) is 3.13. The van der Waals surface area contributed by atoms with E-state index in [0.717, 1.165) is 73.4 Å². The summed E-state index contributed by atoms with van der Waals surface area (Å²) < 4.78 is 0. The highest BCUT2D eigenvalue weighted by atomic mass is 15.0. The smallest absolute Gasteiger partial charge is 0.0545 e. The molecule has 0 radical (unpaired) electrons. The largest absolute Gasteiger partial charge is 0.306 e. The van der Waals surface area contributed by atoms with Gasteiger partial charge in [-0.3, -0.25) is 15.0 Å². The van der Waals surface area contributed by atoms with E-state index in [4.69, 9.17) is 15.0 Å². The number of hydrogen-bond acceptors (Lipinski definition) is 6. The first-order valence-corrected chi connectivity index (χ1v) is 9.32. The molecular weight excluding hydrogens is 336 g/mol. The van der Waals surface area contributed by atoms with Crippen LogP contribution in [0.3, 0.4) is 0 Å². The second-order valence-electron chi connectivity index (χ2n) is 6.67. The molecule has 6 nitrogen and oxygen atoms in total. The molecule has 0 fully saturated rings. The number of rotatable bonds is 0. The lowest BCUT2D eigenvalue weighted by molar-refractivity contribution is 0.625. The van der Waals surface area contributed by atoms with Gasteiger partial charge in [-0.15, -0.1) is 0 Å². The minimum Gasteiger partial charge on any atom is -0.306 e. The van der Waals surface area contributed by atoms with Crippen LogP contribution in [-0.2, 0) is 39.3 Å². The summed E-state index contributed by atoms with van der Waals surface area (Å²) in [5.74, 6) is 0. The minimum absolute atomic E-state index is 0.724. The van der Waals surface area contributed by atoms with Crippen LogP contribution in [0.1, 0.15) is 34.2 Å². The monoisotopic (exact) mass is 360 g/mol. The van der Waals surface area contributed by atoms with Crippen LogP contribution in [-0.4, -0.2) is 15.0 Å². The standard InChI is InChI=1S/C21H24N6/c1-4-16-10-22-12-18-6-2-8-20(26-18)14-24-15-21-9-3-7-19(27-21)13-23-11-17(5-1)25-16/h1-9,22-24H,10-15H2. The molecule has 0 saturated heterocycles. The Morgan fingerprint density at radius 1 is 0.407 bits per heavy atom. The van der Waals surface area contributed by atoms with E-state index in [9.17, 15) is 0 Å². The quantitative estimate of drug-likeness (QED) is 0.570. The number of pyridine rings is 3.